The van der Waals surface area contributed by atoms with Gasteiger partial charge in [-0.05, 0) is 24.1 Å². The van der Waals surface area contributed by atoms with Crippen LogP contribution in [0, 0.1) is 11.5 Å². The van der Waals surface area contributed by atoms with Crippen LogP contribution in [0.5, 0.6) is 0 Å². The predicted molar refractivity (Wildman–Crippen MR) is 80.1 cm³/mol. The van der Waals surface area contributed by atoms with Crippen LogP contribution in [0.2, 0.25) is 24.7 Å². The molecule has 1 rings (SSSR count). The van der Waals surface area contributed by atoms with Crippen LogP contribution in [0.15, 0.2) is 36.9 Å². The first-order valence-corrected chi connectivity index (χ1v) is 9.69. The molecule has 1 atom stereocenters. The van der Waals surface area contributed by atoms with Gasteiger partial charge in [0, 0.05) is 10.9 Å². The standard InChI is InChI=1S/C15H19ClSi/c1-5-6-13(11-12-17(2,3)4)14-7-9-15(16)10-8-14/h5,7-10,13H,1,6H2,2-4H3. The minimum Gasteiger partial charge on any atom is -0.131 e. The molecule has 0 aliphatic heterocycles. The third kappa shape index (κ3) is 5.26. The van der Waals surface area contributed by atoms with E-state index in [0.717, 1.165) is 11.4 Å². The summed E-state index contributed by atoms with van der Waals surface area (Å²) < 4.78 is 0. The summed E-state index contributed by atoms with van der Waals surface area (Å²) in [4.78, 5) is 0. The Morgan fingerprint density at radius 3 is 2.35 bits per heavy atom. The monoisotopic (exact) mass is 262 g/mol. The van der Waals surface area contributed by atoms with Gasteiger partial charge in [0.05, 0.1) is 0 Å². The quantitative estimate of drug-likeness (QED) is 0.414. The van der Waals surface area contributed by atoms with E-state index in [1.807, 2.05) is 18.2 Å². The van der Waals surface area contributed by atoms with Crippen molar-refractivity contribution in [1.29, 1.82) is 0 Å². The number of hydrogen-bond donors (Lipinski definition) is 0. The van der Waals surface area contributed by atoms with E-state index in [4.69, 9.17) is 11.6 Å². The van der Waals surface area contributed by atoms with Crippen molar-refractivity contribution in [1.82, 2.24) is 0 Å². The van der Waals surface area contributed by atoms with E-state index < -0.39 is 8.07 Å². The van der Waals surface area contributed by atoms with E-state index in [-0.39, 0.29) is 5.92 Å². The zero-order chi connectivity index (χ0) is 12.9. The first-order chi connectivity index (χ1) is 7.92. The summed E-state index contributed by atoms with van der Waals surface area (Å²) in [5.41, 5.74) is 4.65. The second kappa shape index (κ2) is 6.09. The smallest absolute Gasteiger partial charge is 0.129 e. The summed E-state index contributed by atoms with van der Waals surface area (Å²) >= 11 is 5.89. The molecule has 90 valence electrons. The van der Waals surface area contributed by atoms with Crippen molar-refractivity contribution in [2.45, 2.75) is 32.0 Å². The van der Waals surface area contributed by atoms with Crippen molar-refractivity contribution < 1.29 is 0 Å². The lowest BCUT2D eigenvalue weighted by atomic mass is 9.97. The molecular formula is C15H19ClSi. The second-order valence-corrected chi connectivity index (χ2v) is 10.3. The molecule has 17 heavy (non-hydrogen) atoms. The maximum absolute atomic E-state index is 5.89. The largest absolute Gasteiger partial charge is 0.131 e. The molecule has 2 heteroatoms. The van der Waals surface area contributed by atoms with Gasteiger partial charge in [0.25, 0.3) is 0 Å². The van der Waals surface area contributed by atoms with Crippen LogP contribution in [-0.2, 0) is 0 Å². The Hall–Kier alpha value is -0.973. The van der Waals surface area contributed by atoms with Gasteiger partial charge in [-0.2, -0.15) is 0 Å². The van der Waals surface area contributed by atoms with Gasteiger partial charge in [-0.3, -0.25) is 0 Å². The zero-order valence-electron chi connectivity index (χ0n) is 10.8. The molecule has 0 radical (unpaired) electrons. The summed E-state index contributed by atoms with van der Waals surface area (Å²) in [6.45, 7) is 10.6. The maximum atomic E-state index is 5.89. The van der Waals surface area contributed by atoms with Crippen LogP contribution < -0.4 is 0 Å². The summed E-state index contributed by atoms with van der Waals surface area (Å²) in [5, 5.41) is 0.768. The molecule has 0 saturated carbocycles. The zero-order valence-corrected chi connectivity index (χ0v) is 12.5. The van der Waals surface area contributed by atoms with Crippen LogP contribution in [0.3, 0.4) is 0 Å². The van der Waals surface area contributed by atoms with E-state index >= 15 is 0 Å². The molecule has 0 nitrogen and oxygen atoms in total. The molecule has 1 aromatic carbocycles. The van der Waals surface area contributed by atoms with Gasteiger partial charge in [0.1, 0.15) is 8.07 Å². The first-order valence-electron chi connectivity index (χ1n) is 5.81. The number of halogens is 1. The average molecular weight is 263 g/mol. The SMILES string of the molecule is C=CCC(C#C[Si](C)(C)C)c1ccc(Cl)cc1. The van der Waals surface area contributed by atoms with Crippen LogP contribution in [0.25, 0.3) is 0 Å². The molecule has 0 aromatic heterocycles. The van der Waals surface area contributed by atoms with Crippen LogP contribution in [0.4, 0.5) is 0 Å². The number of allylic oxidation sites excluding steroid dienone is 1. The van der Waals surface area contributed by atoms with Gasteiger partial charge in [0.2, 0.25) is 0 Å². The lowest BCUT2D eigenvalue weighted by molar-refractivity contribution is 0.895. The van der Waals surface area contributed by atoms with Crippen LogP contribution in [0.1, 0.15) is 17.9 Å². The lowest BCUT2D eigenvalue weighted by Crippen LogP contribution is -2.16. The van der Waals surface area contributed by atoms with Crippen LogP contribution in [-0.4, -0.2) is 8.07 Å². The highest BCUT2D eigenvalue weighted by Crippen LogP contribution is 2.21. The molecule has 0 aliphatic rings. The number of benzene rings is 1. The molecule has 0 aliphatic carbocycles. The first kappa shape index (κ1) is 14.1. The molecule has 0 N–H and O–H groups in total. The van der Waals surface area contributed by atoms with Crippen molar-refractivity contribution in [3.05, 3.63) is 47.5 Å². The lowest BCUT2D eigenvalue weighted by Gasteiger charge is -2.10. The normalized spacial score (nSPS) is 12.5. The summed E-state index contributed by atoms with van der Waals surface area (Å²) in [5.74, 6) is 3.64. The Morgan fingerprint density at radius 2 is 1.88 bits per heavy atom. The van der Waals surface area contributed by atoms with Crippen molar-refractivity contribution in [3.8, 4) is 11.5 Å². The molecule has 1 aromatic rings. The predicted octanol–water partition coefficient (Wildman–Crippen LogP) is 4.88. The Bertz CT molecular complexity index is 429. The Kier molecular flexibility index (Phi) is 5.05. The Balaban J connectivity index is 2.96. The van der Waals surface area contributed by atoms with Gasteiger partial charge >= 0.3 is 0 Å². The third-order valence-electron chi connectivity index (χ3n) is 2.30. The van der Waals surface area contributed by atoms with E-state index in [1.165, 1.54) is 5.56 Å². The molecule has 0 saturated heterocycles. The van der Waals surface area contributed by atoms with Gasteiger partial charge in [-0.25, -0.2) is 0 Å². The van der Waals surface area contributed by atoms with Gasteiger partial charge in [-0.15, -0.1) is 18.0 Å². The molecule has 1 unspecified atom stereocenters. The third-order valence-corrected chi connectivity index (χ3v) is 3.44. The molecule has 0 heterocycles. The number of rotatable bonds is 3. The minimum atomic E-state index is -1.31. The number of hydrogen-bond acceptors (Lipinski definition) is 0. The molecule has 0 fully saturated rings. The minimum absolute atomic E-state index is 0.247. The summed E-state index contributed by atoms with van der Waals surface area (Å²) in [7, 11) is -1.31. The summed E-state index contributed by atoms with van der Waals surface area (Å²) in [6.07, 6.45) is 2.82. The highest BCUT2D eigenvalue weighted by atomic mass is 35.5. The Labute approximate surface area is 111 Å². The van der Waals surface area contributed by atoms with E-state index in [2.05, 4.69) is 49.8 Å². The molecule has 0 spiro atoms. The maximum Gasteiger partial charge on any atom is 0.129 e. The fraction of sp³-hybridized carbons (Fsp3) is 0.333. The van der Waals surface area contributed by atoms with Gasteiger partial charge < -0.3 is 0 Å². The molecule has 0 bridgehead atoms. The second-order valence-electron chi connectivity index (χ2n) is 5.15. The topological polar surface area (TPSA) is 0 Å². The van der Waals surface area contributed by atoms with Crippen LogP contribution >= 0.6 is 11.6 Å². The average Bonchev–Trinajstić information content (AvgIpc) is 2.24. The highest BCUT2D eigenvalue weighted by Gasteiger charge is 2.10. The highest BCUT2D eigenvalue weighted by molar-refractivity contribution is 6.83. The van der Waals surface area contributed by atoms with E-state index in [0.29, 0.717) is 0 Å². The van der Waals surface area contributed by atoms with E-state index in [1.54, 1.807) is 0 Å². The van der Waals surface area contributed by atoms with Crippen molar-refractivity contribution >= 4 is 19.7 Å². The van der Waals surface area contributed by atoms with Crippen molar-refractivity contribution in [3.63, 3.8) is 0 Å². The van der Waals surface area contributed by atoms with Gasteiger partial charge in [-0.1, -0.05) is 49.5 Å². The van der Waals surface area contributed by atoms with Gasteiger partial charge in [0.15, 0.2) is 0 Å². The van der Waals surface area contributed by atoms with Crippen molar-refractivity contribution in [2.75, 3.05) is 0 Å². The molecule has 0 amide bonds. The fourth-order valence-corrected chi connectivity index (χ4v) is 2.18. The Morgan fingerprint density at radius 1 is 1.29 bits per heavy atom. The summed E-state index contributed by atoms with van der Waals surface area (Å²) in [6, 6.07) is 7.94. The molecular weight excluding hydrogens is 244 g/mol. The fourth-order valence-electron chi connectivity index (χ4n) is 1.44. The van der Waals surface area contributed by atoms with Crippen molar-refractivity contribution in [2.24, 2.45) is 0 Å². The van der Waals surface area contributed by atoms with E-state index in [9.17, 15) is 0 Å².